The highest BCUT2D eigenvalue weighted by atomic mass is 32.2. The fourth-order valence-corrected chi connectivity index (χ4v) is 5.70. The van der Waals surface area contributed by atoms with Crippen molar-refractivity contribution in [3.63, 3.8) is 0 Å². The van der Waals surface area contributed by atoms with Crippen molar-refractivity contribution < 1.29 is 4.79 Å². The molecule has 0 aliphatic carbocycles. The second kappa shape index (κ2) is 7.61. The summed E-state index contributed by atoms with van der Waals surface area (Å²) in [5.41, 5.74) is 3.46. The van der Waals surface area contributed by atoms with Crippen LogP contribution in [0.1, 0.15) is 12.5 Å². The molecular formula is C23H19N3OS2. The van der Waals surface area contributed by atoms with E-state index in [2.05, 4.69) is 34.2 Å². The zero-order valence-corrected chi connectivity index (χ0v) is 17.5. The van der Waals surface area contributed by atoms with Crippen molar-refractivity contribution in [3.05, 3.63) is 72.6 Å². The fourth-order valence-electron chi connectivity index (χ4n) is 3.68. The molecule has 29 heavy (non-hydrogen) atoms. The van der Waals surface area contributed by atoms with Crippen molar-refractivity contribution in [2.45, 2.75) is 23.6 Å². The molecule has 1 aliphatic rings. The molecule has 0 unspecified atom stereocenters. The summed E-state index contributed by atoms with van der Waals surface area (Å²) >= 11 is 3.17. The number of hydrogen-bond acceptors (Lipinski definition) is 5. The minimum Gasteiger partial charge on any atom is -0.311 e. The first-order valence-electron chi connectivity index (χ1n) is 9.56. The maximum absolute atomic E-state index is 13.1. The number of benzene rings is 2. The predicted octanol–water partition coefficient (Wildman–Crippen LogP) is 5.43. The lowest BCUT2D eigenvalue weighted by Crippen LogP contribution is -2.35. The molecule has 2 aromatic carbocycles. The summed E-state index contributed by atoms with van der Waals surface area (Å²) in [7, 11) is 0. The number of anilines is 1. The SMILES string of the molecule is C[C@H](Sc1ncnc2sc(-c3ccccc3)cc12)C(=O)N1CCc2ccccc21. The Labute approximate surface area is 177 Å². The highest BCUT2D eigenvalue weighted by Gasteiger charge is 2.29. The van der Waals surface area contributed by atoms with Gasteiger partial charge in [-0.15, -0.1) is 11.3 Å². The average Bonchev–Trinajstić information content (AvgIpc) is 3.39. The van der Waals surface area contributed by atoms with Gasteiger partial charge in [-0.2, -0.15) is 0 Å². The van der Waals surface area contributed by atoms with Crippen LogP contribution in [0.25, 0.3) is 20.7 Å². The quantitative estimate of drug-likeness (QED) is 0.328. The van der Waals surface area contributed by atoms with Crippen LogP contribution in [-0.2, 0) is 11.2 Å². The van der Waals surface area contributed by atoms with E-state index in [0.717, 1.165) is 38.8 Å². The van der Waals surface area contributed by atoms with Crippen molar-refractivity contribution in [3.8, 4) is 10.4 Å². The molecule has 1 amide bonds. The van der Waals surface area contributed by atoms with Crippen LogP contribution in [0.2, 0.25) is 0 Å². The summed E-state index contributed by atoms with van der Waals surface area (Å²) in [5.74, 6) is 0.130. The van der Waals surface area contributed by atoms with Crippen LogP contribution < -0.4 is 4.90 Å². The Morgan fingerprint density at radius 2 is 1.90 bits per heavy atom. The number of carbonyl (C=O) groups is 1. The van der Waals surface area contributed by atoms with Gasteiger partial charge in [0.15, 0.2) is 0 Å². The van der Waals surface area contributed by atoms with E-state index in [1.165, 1.54) is 22.9 Å². The predicted molar refractivity (Wildman–Crippen MR) is 121 cm³/mol. The third kappa shape index (κ3) is 3.43. The summed E-state index contributed by atoms with van der Waals surface area (Å²) in [5, 5.41) is 1.66. The van der Waals surface area contributed by atoms with Gasteiger partial charge in [0.2, 0.25) is 5.91 Å². The summed E-state index contributed by atoms with van der Waals surface area (Å²) in [4.78, 5) is 26.1. The molecule has 1 atom stereocenters. The second-order valence-electron chi connectivity index (χ2n) is 7.00. The molecule has 3 heterocycles. The number of nitrogens with zero attached hydrogens (tertiary/aromatic N) is 3. The van der Waals surface area contributed by atoms with Gasteiger partial charge < -0.3 is 4.90 Å². The van der Waals surface area contributed by atoms with Crippen LogP contribution in [0.5, 0.6) is 0 Å². The van der Waals surface area contributed by atoms with Crippen LogP contribution in [0.3, 0.4) is 0 Å². The molecule has 0 bridgehead atoms. The molecule has 0 radical (unpaired) electrons. The Morgan fingerprint density at radius 1 is 1.10 bits per heavy atom. The number of amides is 1. The number of thioether (sulfide) groups is 1. The molecule has 2 aromatic heterocycles. The molecule has 0 saturated heterocycles. The lowest BCUT2D eigenvalue weighted by molar-refractivity contribution is -0.117. The fraction of sp³-hybridized carbons (Fsp3) is 0.174. The summed E-state index contributed by atoms with van der Waals surface area (Å²) in [6, 6.07) is 20.6. The third-order valence-corrected chi connectivity index (χ3v) is 7.34. The highest BCUT2D eigenvalue weighted by Crippen LogP contribution is 2.38. The van der Waals surface area contributed by atoms with Crippen molar-refractivity contribution in [2.24, 2.45) is 0 Å². The molecular weight excluding hydrogens is 398 g/mol. The maximum atomic E-state index is 13.1. The second-order valence-corrected chi connectivity index (χ2v) is 9.36. The Bertz CT molecular complexity index is 1190. The van der Waals surface area contributed by atoms with Gasteiger partial charge >= 0.3 is 0 Å². The molecule has 5 rings (SSSR count). The van der Waals surface area contributed by atoms with E-state index in [9.17, 15) is 4.79 Å². The standard InChI is InChI=1S/C23H19N3OS2/c1-15(23(27)26-12-11-16-7-5-6-10-19(16)26)28-21-18-13-20(17-8-3-2-4-9-17)29-22(18)25-14-24-21/h2-10,13-15H,11-12H2,1H3/t15-/m0/s1. The number of para-hydroxylation sites is 1. The van der Waals surface area contributed by atoms with Crippen LogP contribution in [0.15, 0.2) is 72.0 Å². The first-order valence-corrected chi connectivity index (χ1v) is 11.3. The topological polar surface area (TPSA) is 46.1 Å². The average molecular weight is 418 g/mol. The number of fused-ring (bicyclic) bond motifs is 2. The van der Waals surface area contributed by atoms with Crippen LogP contribution >= 0.6 is 23.1 Å². The summed E-state index contributed by atoms with van der Waals surface area (Å²) < 4.78 is 0. The summed E-state index contributed by atoms with van der Waals surface area (Å²) in [6.45, 7) is 2.71. The Balaban J connectivity index is 1.41. The molecule has 0 spiro atoms. The number of aromatic nitrogens is 2. The molecule has 4 aromatic rings. The van der Waals surface area contributed by atoms with E-state index in [4.69, 9.17) is 0 Å². The Hall–Kier alpha value is -2.70. The van der Waals surface area contributed by atoms with Gasteiger partial charge in [0.25, 0.3) is 0 Å². The van der Waals surface area contributed by atoms with Crippen molar-refractivity contribution in [1.82, 2.24) is 9.97 Å². The number of hydrogen-bond donors (Lipinski definition) is 0. The van der Waals surface area contributed by atoms with Gasteiger partial charge in [-0.05, 0) is 36.6 Å². The lowest BCUT2D eigenvalue weighted by atomic mass is 10.2. The Kier molecular flexibility index (Phi) is 4.81. The smallest absolute Gasteiger partial charge is 0.240 e. The van der Waals surface area contributed by atoms with Gasteiger partial charge in [-0.3, -0.25) is 4.79 Å². The summed E-state index contributed by atoms with van der Waals surface area (Å²) in [6.07, 6.45) is 2.51. The van der Waals surface area contributed by atoms with E-state index in [1.54, 1.807) is 17.7 Å². The third-order valence-electron chi connectivity index (χ3n) is 5.14. The van der Waals surface area contributed by atoms with Crippen LogP contribution in [0.4, 0.5) is 5.69 Å². The molecule has 0 saturated carbocycles. The van der Waals surface area contributed by atoms with Crippen LogP contribution in [-0.4, -0.2) is 27.7 Å². The minimum atomic E-state index is -0.223. The van der Waals surface area contributed by atoms with Gasteiger partial charge in [0, 0.05) is 22.5 Å². The van der Waals surface area contributed by atoms with Gasteiger partial charge in [0.1, 0.15) is 16.2 Å². The van der Waals surface area contributed by atoms with E-state index >= 15 is 0 Å². The van der Waals surface area contributed by atoms with E-state index < -0.39 is 0 Å². The number of rotatable bonds is 4. The van der Waals surface area contributed by atoms with E-state index in [-0.39, 0.29) is 11.2 Å². The monoisotopic (exact) mass is 417 g/mol. The van der Waals surface area contributed by atoms with Crippen molar-refractivity contribution in [1.29, 1.82) is 0 Å². The lowest BCUT2D eigenvalue weighted by Gasteiger charge is -2.21. The van der Waals surface area contributed by atoms with Crippen LogP contribution in [0, 0.1) is 0 Å². The van der Waals surface area contributed by atoms with Gasteiger partial charge in [-0.25, -0.2) is 9.97 Å². The number of carbonyl (C=O) groups excluding carboxylic acids is 1. The molecule has 4 nitrogen and oxygen atoms in total. The largest absolute Gasteiger partial charge is 0.311 e. The number of thiophene rings is 1. The van der Waals surface area contributed by atoms with E-state index in [0.29, 0.717) is 0 Å². The maximum Gasteiger partial charge on any atom is 0.240 e. The minimum absolute atomic E-state index is 0.130. The van der Waals surface area contributed by atoms with E-state index in [1.807, 2.05) is 48.2 Å². The molecule has 1 aliphatic heterocycles. The van der Waals surface area contributed by atoms with Crippen molar-refractivity contribution >= 4 is 44.9 Å². The Morgan fingerprint density at radius 3 is 2.76 bits per heavy atom. The van der Waals surface area contributed by atoms with Gasteiger partial charge in [0.05, 0.1) is 5.25 Å². The molecule has 6 heteroatoms. The first-order chi connectivity index (χ1) is 14.2. The zero-order chi connectivity index (χ0) is 19.8. The first kappa shape index (κ1) is 18.3. The highest BCUT2D eigenvalue weighted by molar-refractivity contribution is 8.00. The molecule has 0 fully saturated rings. The molecule has 0 N–H and O–H groups in total. The van der Waals surface area contributed by atoms with Crippen molar-refractivity contribution in [2.75, 3.05) is 11.4 Å². The zero-order valence-electron chi connectivity index (χ0n) is 15.9. The normalized spacial score (nSPS) is 14.2. The molecule has 144 valence electrons. The van der Waals surface area contributed by atoms with Gasteiger partial charge in [-0.1, -0.05) is 60.3 Å².